The summed E-state index contributed by atoms with van der Waals surface area (Å²) in [6.07, 6.45) is -8.07. The number of hydrogen-bond donors (Lipinski definition) is 0. The summed E-state index contributed by atoms with van der Waals surface area (Å²) in [5.74, 6) is 0. The Balaban J connectivity index is 1.58. The van der Waals surface area contributed by atoms with Gasteiger partial charge in [-0.25, -0.2) is 4.74 Å². The van der Waals surface area contributed by atoms with Crippen molar-refractivity contribution >= 4 is 48.9 Å². The highest BCUT2D eigenvalue weighted by Crippen LogP contribution is 2.51. The minimum Gasteiger partial charge on any atom is -0.310 e. The molecule has 8 heteroatoms. The van der Waals surface area contributed by atoms with E-state index in [0.717, 1.165) is 43.7 Å². The van der Waals surface area contributed by atoms with Crippen LogP contribution < -0.4 is 4.90 Å². The van der Waals surface area contributed by atoms with E-state index in [4.69, 9.17) is 0 Å². The monoisotopic (exact) mass is 605 g/mol. The van der Waals surface area contributed by atoms with Gasteiger partial charge in [-0.2, -0.15) is 17.6 Å². The topological polar surface area (TPSA) is 12.5 Å². The van der Waals surface area contributed by atoms with Crippen molar-refractivity contribution in [2.45, 2.75) is 19.1 Å². The van der Waals surface area contributed by atoms with E-state index in [1.165, 1.54) is 6.07 Å². The van der Waals surface area contributed by atoms with Crippen molar-refractivity contribution in [3.8, 4) is 11.1 Å². The highest BCUT2D eigenvalue weighted by Gasteiger charge is 2.57. The van der Waals surface area contributed by atoms with Gasteiger partial charge in [-0.15, -0.1) is 0 Å². The van der Waals surface area contributed by atoms with Crippen LogP contribution in [0.25, 0.3) is 11.1 Å². The van der Waals surface area contributed by atoms with Gasteiger partial charge in [-0.3, -0.25) is 0 Å². The Hall–Kier alpha value is -2.68. The first-order chi connectivity index (χ1) is 16.5. The average molecular weight is 607 g/mol. The summed E-state index contributed by atoms with van der Waals surface area (Å²) >= 11 is 6.94. The average Bonchev–Trinajstić information content (AvgIpc) is 3.00. The molecule has 1 aliphatic heterocycles. The van der Waals surface area contributed by atoms with Gasteiger partial charge in [0.25, 0.3) is 0 Å². The van der Waals surface area contributed by atoms with Crippen LogP contribution in [0.1, 0.15) is 16.7 Å². The highest BCUT2D eigenvalue weighted by molar-refractivity contribution is 9.10. The molecule has 0 fully saturated rings. The zero-order valence-corrected chi connectivity index (χ0v) is 21.4. The van der Waals surface area contributed by atoms with Crippen molar-refractivity contribution in [2.75, 3.05) is 4.90 Å². The standard InChI is InChI=1S/C27H17Br2F4NO/c1-16-14-17(18-2-12-23-24(15-18)27(32,33)35-26(23,30)31)3-13-25(16)34(21-8-4-19(28)5-9-21)22-10-6-20(29)7-11-22/h2-15H,1H3. The summed E-state index contributed by atoms with van der Waals surface area (Å²) in [7, 11) is 0. The van der Waals surface area contributed by atoms with Gasteiger partial charge in [-0.05, 0) is 96.4 Å². The van der Waals surface area contributed by atoms with Crippen LogP contribution in [-0.2, 0) is 17.0 Å². The number of fused-ring (bicyclic) bond motifs is 1. The third kappa shape index (κ3) is 4.50. The lowest BCUT2D eigenvalue weighted by atomic mass is 9.97. The molecule has 4 aromatic carbocycles. The highest BCUT2D eigenvalue weighted by atomic mass is 79.9. The van der Waals surface area contributed by atoms with E-state index in [9.17, 15) is 17.6 Å². The number of anilines is 3. The van der Waals surface area contributed by atoms with Crippen LogP contribution in [0.3, 0.4) is 0 Å². The van der Waals surface area contributed by atoms with Crippen molar-refractivity contribution in [1.82, 2.24) is 0 Å². The van der Waals surface area contributed by atoms with Crippen molar-refractivity contribution in [2.24, 2.45) is 0 Å². The molecule has 0 spiro atoms. The normalized spacial score (nSPS) is 15.6. The zero-order chi connectivity index (χ0) is 25.0. The van der Waals surface area contributed by atoms with E-state index in [1.807, 2.05) is 67.6 Å². The lowest BCUT2D eigenvalue weighted by Crippen LogP contribution is -2.17. The van der Waals surface area contributed by atoms with Crippen molar-refractivity contribution in [1.29, 1.82) is 0 Å². The summed E-state index contributed by atoms with van der Waals surface area (Å²) in [6, 6.07) is 24.8. The fourth-order valence-electron chi connectivity index (χ4n) is 4.18. The Labute approximate surface area is 216 Å². The fraction of sp³-hybridized carbons (Fsp3) is 0.111. The molecule has 0 amide bonds. The molecular formula is C27H17Br2F4NO. The van der Waals surface area contributed by atoms with E-state index in [0.29, 0.717) is 11.1 Å². The summed E-state index contributed by atoms with van der Waals surface area (Å²) in [6.45, 7) is 1.92. The quantitative estimate of drug-likeness (QED) is 0.214. The van der Waals surface area contributed by atoms with E-state index in [1.54, 1.807) is 6.07 Å². The van der Waals surface area contributed by atoms with E-state index < -0.39 is 23.3 Å². The molecule has 0 aliphatic carbocycles. The van der Waals surface area contributed by atoms with Gasteiger partial charge in [0.2, 0.25) is 0 Å². The van der Waals surface area contributed by atoms with Crippen molar-refractivity contribution < 1.29 is 22.3 Å². The predicted molar refractivity (Wildman–Crippen MR) is 136 cm³/mol. The molecule has 0 saturated carbocycles. The Bertz CT molecular complexity index is 1360. The smallest absolute Gasteiger partial charge is 0.310 e. The molecule has 0 saturated heterocycles. The lowest BCUT2D eigenvalue weighted by Gasteiger charge is -2.27. The molecule has 35 heavy (non-hydrogen) atoms. The largest absolute Gasteiger partial charge is 0.388 e. The van der Waals surface area contributed by atoms with Gasteiger partial charge in [0.05, 0.1) is 11.1 Å². The molecule has 5 rings (SSSR count). The molecule has 0 radical (unpaired) electrons. The van der Waals surface area contributed by atoms with Gasteiger partial charge >= 0.3 is 12.2 Å². The molecule has 0 aromatic heterocycles. The molecule has 1 aliphatic rings. The number of rotatable bonds is 4. The Kier molecular flexibility index (Phi) is 6.02. The van der Waals surface area contributed by atoms with Crippen LogP contribution in [0.4, 0.5) is 34.6 Å². The number of nitrogens with zero attached hydrogens (tertiary/aromatic N) is 1. The minimum atomic E-state index is -4.05. The number of halogens is 6. The number of benzene rings is 4. The van der Waals surface area contributed by atoms with Crippen molar-refractivity contribution in [3.63, 3.8) is 0 Å². The first-order valence-corrected chi connectivity index (χ1v) is 12.2. The van der Waals surface area contributed by atoms with E-state index in [-0.39, 0.29) is 0 Å². The maximum Gasteiger partial charge on any atom is 0.388 e. The number of alkyl halides is 4. The fourth-order valence-corrected chi connectivity index (χ4v) is 4.71. The number of aryl methyl sites for hydroxylation is 1. The van der Waals surface area contributed by atoms with Gasteiger partial charge in [0.1, 0.15) is 0 Å². The molecule has 1 heterocycles. The van der Waals surface area contributed by atoms with Gasteiger partial charge in [-0.1, -0.05) is 44.0 Å². The van der Waals surface area contributed by atoms with Gasteiger partial charge < -0.3 is 4.90 Å². The Morgan fingerprint density at radius 3 is 1.66 bits per heavy atom. The number of hydrogen-bond acceptors (Lipinski definition) is 2. The molecule has 0 unspecified atom stereocenters. The van der Waals surface area contributed by atoms with Crippen LogP contribution in [0.5, 0.6) is 0 Å². The molecule has 178 valence electrons. The minimum absolute atomic E-state index is 0.401. The lowest BCUT2D eigenvalue weighted by molar-refractivity contribution is -0.369. The van der Waals surface area contributed by atoms with Crippen LogP contribution >= 0.6 is 31.9 Å². The number of ether oxygens (including phenoxy) is 1. The Morgan fingerprint density at radius 1 is 0.629 bits per heavy atom. The van der Waals surface area contributed by atoms with Gasteiger partial charge in [0, 0.05) is 26.0 Å². The van der Waals surface area contributed by atoms with E-state index in [2.05, 4.69) is 41.5 Å². The van der Waals surface area contributed by atoms with Crippen LogP contribution in [-0.4, -0.2) is 0 Å². The van der Waals surface area contributed by atoms with Crippen LogP contribution in [0.15, 0.2) is 93.9 Å². The first-order valence-electron chi connectivity index (χ1n) is 10.6. The molecule has 2 nitrogen and oxygen atoms in total. The Morgan fingerprint density at radius 2 is 1.11 bits per heavy atom. The second-order valence-electron chi connectivity index (χ2n) is 8.19. The summed E-state index contributed by atoms with van der Waals surface area (Å²) < 4.78 is 61.5. The predicted octanol–water partition coefficient (Wildman–Crippen LogP) is 9.79. The molecule has 0 bridgehead atoms. The third-order valence-corrected chi connectivity index (χ3v) is 6.90. The maximum absolute atomic E-state index is 14.1. The summed E-state index contributed by atoms with van der Waals surface area (Å²) in [4.78, 5) is 2.09. The van der Waals surface area contributed by atoms with Crippen LogP contribution in [0, 0.1) is 6.92 Å². The van der Waals surface area contributed by atoms with E-state index >= 15 is 0 Å². The molecule has 0 atom stereocenters. The zero-order valence-electron chi connectivity index (χ0n) is 18.2. The van der Waals surface area contributed by atoms with Crippen LogP contribution in [0.2, 0.25) is 0 Å². The second kappa shape index (κ2) is 8.76. The maximum atomic E-state index is 14.1. The molecule has 4 aromatic rings. The SMILES string of the molecule is Cc1cc(-c2ccc3c(c2)C(F)(F)OC3(F)F)ccc1N(c1ccc(Br)cc1)c1ccc(Br)cc1. The molecular weight excluding hydrogens is 590 g/mol. The first kappa shape index (κ1) is 24.0. The summed E-state index contributed by atoms with van der Waals surface area (Å²) in [5, 5.41) is 0. The van der Waals surface area contributed by atoms with Gasteiger partial charge in [0.15, 0.2) is 0 Å². The summed E-state index contributed by atoms with van der Waals surface area (Å²) in [5.41, 5.74) is 3.04. The third-order valence-electron chi connectivity index (χ3n) is 5.84. The second-order valence-corrected chi connectivity index (χ2v) is 10.0. The van der Waals surface area contributed by atoms with Crippen molar-refractivity contribution in [3.05, 3.63) is 111 Å². The molecule has 0 N–H and O–H groups in total.